The van der Waals surface area contributed by atoms with Crippen molar-refractivity contribution in [2.75, 3.05) is 17.2 Å². The number of nitrogens with one attached hydrogen (secondary N) is 2. The number of benzene rings is 2. The first-order chi connectivity index (χ1) is 15.4. The second-order valence-corrected chi connectivity index (χ2v) is 8.29. The van der Waals surface area contributed by atoms with Gasteiger partial charge in [0.15, 0.2) is 0 Å². The van der Waals surface area contributed by atoms with Gasteiger partial charge in [-0.2, -0.15) is 0 Å². The minimum atomic E-state index is -0.766. The molecule has 0 fully saturated rings. The van der Waals surface area contributed by atoms with Gasteiger partial charge in [-0.05, 0) is 44.0 Å². The summed E-state index contributed by atoms with van der Waals surface area (Å²) < 4.78 is 10.7. The molecular formula is C24H22N2O5S. The number of para-hydroxylation sites is 1. The second kappa shape index (κ2) is 8.84. The third-order valence-corrected chi connectivity index (χ3v) is 6.40. The molecule has 32 heavy (non-hydrogen) atoms. The van der Waals surface area contributed by atoms with E-state index in [1.807, 2.05) is 37.3 Å². The Morgan fingerprint density at radius 3 is 2.56 bits per heavy atom. The fourth-order valence-electron chi connectivity index (χ4n) is 3.54. The van der Waals surface area contributed by atoms with E-state index in [1.54, 1.807) is 32.0 Å². The molecule has 0 unspecified atom stereocenters. The fraction of sp³-hybridized carbons (Fsp3) is 0.208. The van der Waals surface area contributed by atoms with Crippen molar-refractivity contribution < 1.29 is 23.9 Å². The summed E-state index contributed by atoms with van der Waals surface area (Å²) in [4.78, 5) is 38.3. The second-order valence-electron chi connectivity index (χ2n) is 7.27. The fourth-order valence-corrected chi connectivity index (χ4v) is 4.65. The first-order valence-electron chi connectivity index (χ1n) is 10.1. The molecule has 2 heterocycles. The van der Waals surface area contributed by atoms with Crippen LogP contribution in [0.25, 0.3) is 0 Å². The number of fused-ring (bicyclic) bond motifs is 1. The average Bonchev–Trinajstić information content (AvgIpc) is 3.27. The number of hydrogen-bond donors (Lipinski definition) is 2. The van der Waals surface area contributed by atoms with Crippen LogP contribution in [-0.4, -0.2) is 24.5 Å². The van der Waals surface area contributed by atoms with Crippen molar-refractivity contribution in [1.82, 2.24) is 0 Å². The number of thiophene rings is 1. The van der Waals surface area contributed by atoms with E-state index in [4.69, 9.17) is 9.47 Å². The number of esters is 2. The number of cyclic esters (lactones) is 1. The molecule has 4 rings (SSSR count). The van der Waals surface area contributed by atoms with Crippen LogP contribution in [0.5, 0.6) is 0 Å². The molecule has 1 aliphatic heterocycles. The number of anilines is 2. The quantitative estimate of drug-likeness (QED) is 0.509. The molecule has 7 nitrogen and oxygen atoms in total. The first-order valence-corrected chi connectivity index (χ1v) is 11.0. The summed E-state index contributed by atoms with van der Waals surface area (Å²) in [6.07, 6.45) is -0.766. The Kier molecular flexibility index (Phi) is 5.96. The zero-order valence-electron chi connectivity index (χ0n) is 17.9. The minimum Gasteiger partial charge on any atom is -0.462 e. The van der Waals surface area contributed by atoms with E-state index in [0.717, 1.165) is 16.9 Å². The highest BCUT2D eigenvalue weighted by molar-refractivity contribution is 7.18. The van der Waals surface area contributed by atoms with Gasteiger partial charge in [-0.1, -0.05) is 36.4 Å². The third-order valence-electron chi connectivity index (χ3n) is 5.18. The topological polar surface area (TPSA) is 93.7 Å². The molecule has 2 N–H and O–H groups in total. The van der Waals surface area contributed by atoms with Crippen molar-refractivity contribution in [3.05, 3.63) is 81.2 Å². The number of ether oxygens (including phenoxy) is 2. The van der Waals surface area contributed by atoms with E-state index in [-0.39, 0.29) is 18.1 Å². The average molecular weight is 451 g/mol. The third kappa shape index (κ3) is 3.97. The molecule has 3 aromatic rings. The predicted molar refractivity (Wildman–Crippen MR) is 122 cm³/mol. The van der Waals surface area contributed by atoms with E-state index < -0.39 is 18.2 Å². The van der Waals surface area contributed by atoms with Crippen LogP contribution in [0, 0.1) is 13.8 Å². The largest absolute Gasteiger partial charge is 0.462 e. The highest BCUT2D eigenvalue weighted by Gasteiger charge is 2.33. The number of aryl methyl sites for hydroxylation is 1. The summed E-state index contributed by atoms with van der Waals surface area (Å²) in [5.41, 5.74) is 3.51. The predicted octanol–water partition coefficient (Wildman–Crippen LogP) is 5.08. The molecule has 1 aromatic heterocycles. The van der Waals surface area contributed by atoms with Crippen molar-refractivity contribution in [1.29, 1.82) is 0 Å². The van der Waals surface area contributed by atoms with Crippen LogP contribution in [-0.2, 0) is 9.47 Å². The lowest BCUT2D eigenvalue weighted by atomic mass is 10.1. The highest BCUT2D eigenvalue weighted by Crippen LogP contribution is 2.39. The Labute approximate surface area is 189 Å². The van der Waals surface area contributed by atoms with Gasteiger partial charge in [-0.25, -0.2) is 9.59 Å². The van der Waals surface area contributed by atoms with Gasteiger partial charge in [0.1, 0.15) is 5.00 Å². The summed E-state index contributed by atoms with van der Waals surface area (Å²) in [6, 6.07) is 14.5. The van der Waals surface area contributed by atoms with Gasteiger partial charge in [0.05, 0.1) is 22.6 Å². The Hall–Kier alpha value is -3.65. The van der Waals surface area contributed by atoms with Gasteiger partial charge < -0.3 is 20.1 Å². The summed E-state index contributed by atoms with van der Waals surface area (Å²) in [6.45, 7) is 5.52. The Morgan fingerprint density at radius 1 is 1.09 bits per heavy atom. The molecule has 1 atom stereocenters. The van der Waals surface area contributed by atoms with Gasteiger partial charge in [0, 0.05) is 11.3 Å². The Bertz CT molecular complexity index is 1220. The zero-order valence-corrected chi connectivity index (χ0v) is 18.7. The van der Waals surface area contributed by atoms with Crippen molar-refractivity contribution in [3.8, 4) is 0 Å². The van der Waals surface area contributed by atoms with Crippen molar-refractivity contribution in [3.63, 3.8) is 0 Å². The lowest BCUT2D eigenvalue weighted by Gasteiger charge is -2.14. The molecule has 0 spiro atoms. The summed E-state index contributed by atoms with van der Waals surface area (Å²) in [7, 11) is 0. The molecule has 0 radical (unpaired) electrons. The Balaban J connectivity index is 1.69. The molecule has 0 saturated heterocycles. The number of carbonyl (C=O) groups excluding carboxylic acids is 3. The number of hydrogen-bond acceptors (Lipinski definition) is 7. The van der Waals surface area contributed by atoms with Crippen LogP contribution in [0.3, 0.4) is 0 Å². The van der Waals surface area contributed by atoms with Crippen molar-refractivity contribution >= 4 is 39.9 Å². The summed E-state index contributed by atoms with van der Waals surface area (Å²) >= 11 is 1.12. The first kappa shape index (κ1) is 21.6. The van der Waals surface area contributed by atoms with Gasteiger partial charge in [0.25, 0.3) is 5.91 Å². The number of rotatable bonds is 6. The Morgan fingerprint density at radius 2 is 1.81 bits per heavy atom. The van der Waals surface area contributed by atoms with Crippen molar-refractivity contribution in [2.24, 2.45) is 0 Å². The molecule has 164 valence electrons. The molecular weight excluding hydrogens is 428 g/mol. The van der Waals surface area contributed by atoms with Crippen LogP contribution in [0.1, 0.15) is 60.2 Å². The van der Waals surface area contributed by atoms with Gasteiger partial charge in [0.2, 0.25) is 6.23 Å². The SMILES string of the molecule is CCOC(=O)c1c(N[C@@H]2OC(=O)c3ccccc32)sc(C(=O)Nc2ccccc2C)c1C. The van der Waals surface area contributed by atoms with Crippen LogP contribution < -0.4 is 10.6 Å². The molecule has 0 aliphatic carbocycles. The molecule has 1 amide bonds. The van der Waals surface area contributed by atoms with Gasteiger partial charge >= 0.3 is 11.9 Å². The molecule has 8 heteroatoms. The standard InChI is InChI=1S/C24H22N2O5S/c1-4-30-24(29)18-14(3)19(20(27)25-17-12-8-5-9-13(17)2)32-22(18)26-21-15-10-6-7-11-16(15)23(28)31-21/h5-12,21,26H,4H2,1-3H3,(H,25,27)/t21-/m1/s1. The summed E-state index contributed by atoms with van der Waals surface area (Å²) in [5.74, 6) is -1.32. The zero-order chi connectivity index (χ0) is 22.8. The van der Waals surface area contributed by atoms with E-state index >= 15 is 0 Å². The maximum Gasteiger partial charge on any atom is 0.341 e. The van der Waals surface area contributed by atoms with Crippen LogP contribution in [0.15, 0.2) is 48.5 Å². The van der Waals surface area contributed by atoms with Crippen LogP contribution >= 0.6 is 11.3 Å². The number of carbonyl (C=O) groups is 3. The van der Waals surface area contributed by atoms with Crippen LogP contribution in [0.2, 0.25) is 0 Å². The molecule has 0 saturated carbocycles. The van der Waals surface area contributed by atoms with E-state index in [2.05, 4.69) is 10.6 Å². The monoisotopic (exact) mass is 450 g/mol. The summed E-state index contributed by atoms with van der Waals surface area (Å²) in [5, 5.41) is 6.43. The molecule has 0 bridgehead atoms. The normalized spacial score (nSPS) is 14.5. The lowest BCUT2D eigenvalue weighted by molar-refractivity contribution is 0.0437. The molecule has 1 aliphatic rings. The smallest absolute Gasteiger partial charge is 0.341 e. The van der Waals surface area contributed by atoms with Gasteiger partial charge in [-0.3, -0.25) is 4.79 Å². The maximum absolute atomic E-state index is 13.1. The maximum atomic E-state index is 13.1. The van der Waals surface area contributed by atoms with Crippen molar-refractivity contribution in [2.45, 2.75) is 27.0 Å². The lowest BCUT2D eigenvalue weighted by Crippen LogP contribution is -2.14. The highest BCUT2D eigenvalue weighted by atomic mass is 32.1. The minimum absolute atomic E-state index is 0.194. The van der Waals surface area contributed by atoms with E-state index in [9.17, 15) is 14.4 Å². The molecule has 2 aromatic carbocycles. The van der Waals surface area contributed by atoms with E-state index in [0.29, 0.717) is 32.3 Å². The number of amides is 1. The van der Waals surface area contributed by atoms with Gasteiger partial charge in [-0.15, -0.1) is 11.3 Å². The van der Waals surface area contributed by atoms with E-state index in [1.165, 1.54) is 0 Å². The van der Waals surface area contributed by atoms with Crippen LogP contribution in [0.4, 0.5) is 10.7 Å².